The molecule has 0 spiro atoms. The van der Waals surface area contributed by atoms with Crippen molar-refractivity contribution >= 4 is 7.12 Å². The number of hydrogen-bond donors (Lipinski definition) is 0. The van der Waals surface area contributed by atoms with E-state index >= 15 is 0 Å². The Balaban J connectivity index is 1.86. The van der Waals surface area contributed by atoms with Crippen LogP contribution >= 0.6 is 0 Å². The molecule has 0 atom stereocenters. The van der Waals surface area contributed by atoms with Crippen LogP contribution in [-0.2, 0) is 9.31 Å². The highest BCUT2D eigenvalue weighted by Crippen LogP contribution is 2.42. The molecule has 1 heterocycles. The van der Waals surface area contributed by atoms with Gasteiger partial charge in [0.05, 0.1) is 11.2 Å². The molecular weight excluding hydrogens is 237 g/mol. The maximum atomic E-state index is 13.1. The molecule has 1 saturated carbocycles. The van der Waals surface area contributed by atoms with E-state index in [4.69, 9.17) is 9.31 Å². The van der Waals surface area contributed by atoms with Gasteiger partial charge < -0.3 is 9.31 Å². The number of alkyl halides is 2. The van der Waals surface area contributed by atoms with E-state index < -0.39 is 5.92 Å². The summed E-state index contributed by atoms with van der Waals surface area (Å²) in [7, 11) is -0.244. The fourth-order valence-corrected chi connectivity index (χ4v) is 2.67. The van der Waals surface area contributed by atoms with E-state index in [0.717, 1.165) is 6.32 Å². The molecule has 0 radical (unpaired) electrons. The maximum absolute atomic E-state index is 13.1. The summed E-state index contributed by atoms with van der Waals surface area (Å²) in [5, 5.41) is 0. The topological polar surface area (TPSA) is 18.5 Å². The van der Waals surface area contributed by atoms with E-state index in [-0.39, 0.29) is 31.2 Å². The summed E-state index contributed by atoms with van der Waals surface area (Å²) in [6.07, 6.45) is 1.92. The van der Waals surface area contributed by atoms with Gasteiger partial charge in [0, 0.05) is 12.8 Å². The van der Waals surface area contributed by atoms with E-state index in [1.165, 1.54) is 0 Å². The third-order valence-corrected chi connectivity index (χ3v) is 4.66. The molecule has 5 heteroatoms. The Labute approximate surface area is 109 Å². The Bertz CT molecular complexity index is 292. The van der Waals surface area contributed by atoms with Crippen LogP contribution in [0.15, 0.2) is 0 Å². The minimum Gasteiger partial charge on any atom is -0.403 e. The molecule has 2 rings (SSSR count). The molecule has 1 aliphatic heterocycles. The zero-order chi connectivity index (χ0) is 13.6. The second-order valence-electron chi connectivity index (χ2n) is 6.72. The molecule has 0 unspecified atom stereocenters. The van der Waals surface area contributed by atoms with Crippen LogP contribution in [0.2, 0.25) is 6.32 Å². The molecule has 18 heavy (non-hydrogen) atoms. The molecule has 1 saturated heterocycles. The van der Waals surface area contributed by atoms with Crippen LogP contribution in [0.1, 0.15) is 53.4 Å². The molecule has 2 nitrogen and oxygen atoms in total. The molecule has 0 amide bonds. The summed E-state index contributed by atoms with van der Waals surface area (Å²) >= 11 is 0. The number of halogens is 2. The fourth-order valence-electron chi connectivity index (χ4n) is 2.67. The van der Waals surface area contributed by atoms with Crippen LogP contribution in [0.3, 0.4) is 0 Å². The standard InChI is InChI=1S/C13H23BF2O2/c1-11(2)12(3,4)18-14(17-11)9-10-5-7-13(15,16)8-6-10/h10H,5-9H2,1-4H3. The van der Waals surface area contributed by atoms with Crippen molar-refractivity contribution in [2.24, 2.45) is 5.92 Å². The lowest BCUT2D eigenvalue weighted by molar-refractivity contribution is -0.0444. The Kier molecular flexibility index (Phi) is 3.52. The van der Waals surface area contributed by atoms with Crippen molar-refractivity contribution in [1.82, 2.24) is 0 Å². The fraction of sp³-hybridized carbons (Fsp3) is 1.00. The van der Waals surface area contributed by atoms with Crippen LogP contribution in [0, 0.1) is 5.92 Å². The quantitative estimate of drug-likeness (QED) is 0.701. The average Bonchev–Trinajstić information content (AvgIpc) is 2.39. The Morgan fingerprint density at radius 2 is 1.44 bits per heavy atom. The molecule has 1 aliphatic carbocycles. The van der Waals surface area contributed by atoms with Gasteiger partial charge in [0.2, 0.25) is 5.92 Å². The van der Waals surface area contributed by atoms with Gasteiger partial charge in [-0.3, -0.25) is 0 Å². The van der Waals surface area contributed by atoms with Gasteiger partial charge in [-0.15, -0.1) is 0 Å². The zero-order valence-corrected chi connectivity index (χ0v) is 11.8. The van der Waals surface area contributed by atoms with Gasteiger partial charge >= 0.3 is 7.12 Å². The minimum atomic E-state index is -2.45. The highest BCUT2D eigenvalue weighted by Gasteiger charge is 2.51. The summed E-state index contributed by atoms with van der Waals surface area (Å²) in [6, 6.07) is 0. The predicted molar refractivity (Wildman–Crippen MR) is 67.8 cm³/mol. The molecule has 0 aromatic carbocycles. The van der Waals surface area contributed by atoms with Crippen molar-refractivity contribution in [2.75, 3.05) is 0 Å². The van der Waals surface area contributed by atoms with E-state index in [9.17, 15) is 8.78 Å². The van der Waals surface area contributed by atoms with Gasteiger partial charge in [0.1, 0.15) is 0 Å². The van der Waals surface area contributed by atoms with Crippen LogP contribution in [0.4, 0.5) is 8.78 Å². The molecule has 0 bridgehead atoms. The molecule has 0 aromatic heterocycles. The smallest absolute Gasteiger partial charge is 0.403 e. The first-order valence-electron chi connectivity index (χ1n) is 6.85. The molecule has 2 fully saturated rings. The molecule has 0 N–H and O–H groups in total. The van der Waals surface area contributed by atoms with Crippen molar-refractivity contribution in [1.29, 1.82) is 0 Å². The maximum Gasteiger partial charge on any atom is 0.458 e. The molecule has 2 aliphatic rings. The van der Waals surface area contributed by atoms with Crippen molar-refractivity contribution < 1.29 is 18.1 Å². The zero-order valence-electron chi connectivity index (χ0n) is 11.8. The highest BCUT2D eigenvalue weighted by atomic mass is 19.3. The van der Waals surface area contributed by atoms with Crippen LogP contribution in [0.25, 0.3) is 0 Å². The van der Waals surface area contributed by atoms with Crippen molar-refractivity contribution in [3.8, 4) is 0 Å². The van der Waals surface area contributed by atoms with Crippen LogP contribution < -0.4 is 0 Å². The SMILES string of the molecule is CC1(C)OB(CC2CCC(F)(F)CC2)OC1(C)C. The molecule has 104 valence electrons. The second kappa shape index (κ2) is 4.45. The minimum absolute atomic E-state index is 0.0111. The van der Waals surface area contributed by atoms with Gasteiger partial charge in [-0.1, -0.05) is 0 Å². The van der Waals surface area contributed by atoms with Crippen LogP contribution in [-0.4, -0.2) is 24.2 Å². The van der Waals surface area contributed by atoms with Gasteiger partial charge in [0.15, 0.2) is 0 Å². The summed E-state index contributed by atoms with van der Waals surface area (Å²) < 4.78 is 38.0. The Hall–Kier alpha value is -0.155. The average molecular weight is 260 g/mol. The van der Waals surface area contributed by atoms with E-state index in [2.05, 4.69) is 0 Å². The summed E-state index contributed by atoms with van der Waals surface area (Å²) in [4.78, 5) is 0. The molecular formula is C13H23BF2O2. The largest absolute Gasteiger partial charge is 0.458 e. The highest BCUT2D eigenvalue weighted by molar-refractivity contribution is 6.45. The van der Waals surface area contributed by atoms with Crippen molar-refractivity contribution in [2.45, 2.75) is 76.8 Å². The van der Waals surface area contributed by atoms with Crippen molar-refractivity contribution in [3.05, 3.63) is 0 Å². The lowest BCUT2D eigenvalue weighted by Crippen LogP contribution is -2.41. The molecule has 0 aromatic rings. The van der Waals surface area contributed by atoms with E-state index in [1.807, 2.05) is 27.7 Å². The van der Waals surface area contributed by atoms with Crippen LogP contribution in [0.5, 0.6) is 0 Å². The number of hydrogen-bond acceptors (Lipinski definition) is 2. The van der Waals surface area contributed by atoms with Gasteiger partial charge in [-0.25, -0.2) is 8.78 Å². The summed E-state index contributed by atoms with van der Waals surface area (Å²) in [5.74, 6) is -2.15. The van der Waals surface area contributed by atoms with Gasteiger partial charge in [-0.05, 0) is 52.8 Å². The lowest BCUT2D eigenvalue weighted by Gasteiger charge is -2.32. The van der Waals surface area contributed by atoms with E-state index in [1.54, 1.807) is 0 Å². The summed E-state index contributed by atoms with van der Waals surface area (Å²) in [5.41, 5.74) is -0.646. The first-order valence-corrected chi connectivity index (χ1v) is 6.85. The monoisotopic (exact) mass is 260 g/mol. The second-order valence-corrected chi connectivity index (χ2v) is 6.72. The number of rotatable bonds is 2. The first-order chi connectivity index (χ1) is 8.11. The van der Waals surface area contributed by atoms with Gasteiger partial charge in [-0.2, -0.15) is 0 Å². The normalized spacial score (nSPS) is 30.7. The Morgan fingerprint density at radius 1 is 1.00 bits per heavy atom. The van der Waals surface area contributed by atoms with E-state index in [0.29, 0.717) is 18.8 Å². The van der Waals surface area contributed by atoms with Gasteiger partial charge in [0.25, 0.3) is 0 Å². The Morgan fingerprint density at radius 3 is 1.89 bits per heavy atom. The van der Waals surface area contributed by atoms with Crippen molar-refractivity contribution in [3.63, 3.8) is 0 Å². The predicted octanol–water partition coefficient (Wildman–Crippen LogP) is 3.90. The third-order valence-electron chi connectivity index (χ3n) is 4.66. The lowest BCUT2D eigenvalue weighted by atomic mass is 9.71. The third kappa shape index (κ3) is 2.88. The summed E-state index contributed by atoms with van der Waals surface area (Å²) in [6.45, 7) is 8.06. The first kappa shape index (κ1) is 14.3.